The lowest BCUT2D eigenvalue weighted by Crippen LogP contribution is -2.46. The molecule has 27 heavy (non-hydrogen) atoms. The molecule has 0 unspecified atom stereocenters. The van der Waals surface area contributed by atoms with E-state index >= 15 is 0 Å². The number of carbonyl (C=O) groups excluding carboxylic acids is 2. The second kappa shape index (κ2) is 9.05. The van der Waals surface area contributed by atoms with E-state index in [0.29, 0.717) is 31.0 Å². The van der Waals surface area contributed by atoms with Crippen LogP contribution in [-0.2, 0) is 6.54 Å². The van der Waals surface area contributed by atoms with Crippen molar-refractivity contribution in [2.45, 2.75) is 25.5 Å². The number of carbonyl (C=O) groups is 2. The van der Waals surface area contributed by atoms with Crippen LogP contribution in [0.2, 0.25) is 0 Å². The first-order valence-electron chi connectivity index (χ1n) is 9.03. The molecule has 7 heteroatoms. The van der Waals surface area contributed by atoms with Gasteiger partial charge in [-0.15, -0.1) is 0 Å². The molecule has 2 aromatic carbocycles. The predicted molar refractivity (Wildman–Crippen MR) is 105 cm³/mol. The molecule has 1 aliphatic rings. The number of nitrogens with zero attached hydrogens (tertiary/aromatic N) is 1. The van der Waals surface area contributed by atoms with E-state index in [1.54, 1.807) is 11.0 Å². The summed E-state index contributed by atoms with van der Waals surface area (Å²) < 4.78 is 0. The second-order valence-corrected chi connectivity index (χ2v) is 6.55. The molecule has 0 bridgehead atoms. The van der Waals surface area contributed by atoms with Crippen molar-refractivity contribution in [2.24, 2.45) is 0 Å². The van der Waals surface area contributed by atoms with Crippen molar-refractivity contribution in [2.75, 3.05) is 23.7 Å². The summed E-state index contributed by atoms with van der Waals surface area (Å²) in [5, 5.41) is 18.1. The van der Waals surface area contributed by atoms with Gasteiger partial charge in [0.2, 0.25) is 0 Å². The molecule has 142 valence electrons. The summed E-state index contributed by atoms with van der Waals surface area (Å²) in [4.78, 5) is 25.9. The number of piperidine rings is 1. The summed E-state index contributed by atoms with van der Waals surface area (Å²) in [5.41, 5.74) is 2.23. The van der Waals surface area contributed by atoms with Gasteiger partial charge in [0, 0.05) is 31.0 Å². The van der Waals surface area contributed by atoms with Gasteiger partial charge in [-0.05, 0) is 42.7 Å². The average Bonchev–Trinajstić information content (AvgIpc) is 2.67. The van der Waals surface area contributed by atoms with Crippen LogP contribution in [0.5, 0.6) is 0 Å². The molecule has 4 amide bonds. The zero-order valence-electron chi connectivity index (χ0n) is 15.0. The van der Waals surface area contributed by atoms with Crippen molar-refractivity contribution < 1.29 is 14.7 Å². The van der Waals surface area contributed by atoms with Crippen LogP contribution in [0.4, 0.5) is 21.0 Å². The molecule has 4 N–H and O–H groups in total. The minimum atomic E-state index is -0.444. The van der Waals surface area contributed by atoms with Crippen molar-refractivity contribution in [3.63, 3.8) is 0 Å². The Balaban J connectivity index is 1.51. The van der Waals surface area contributed by atoms with Crippen LogP contribution in [0.3, 0.4) is 0 Å². The quantitative estimate of drug-likeness (QED) is 0.668. The third-order valence-electron chi connectivity index (χ3n) is 4.34. The molecule has 0 radical (unpaired) electrons. The highest BCUT2D eigenvalue weighted by atomic mass is 16.3. The Morgan fingerprint density at radius 1 is 1.04 bits per heavy atom. The van der Waals surface area contributed by atoms with Gasteiger partial charge >= 0.3 is 12.1 Å². The van der Waals surface area contributed by atoms with Gasteiger partial charge in [0.05, 0.1) is 6.10 Å². The smallest absolute Gasteiger partial charge is 0.323 e. The van der Waals surface area contributed by atoms with Gasteiger partial charge in [-0.2, -0.15) is 0 Å². The van der Waals surface area contributed by atoms with Crippen molar-refractivity contribution in [3.8, 4) is 0 Å². The summed E-state index contributed by atoms with van der Waals surface area (Å²) in [6, 6.07) is 16.0. The van der Waals surface area contributed by atoms with Crippen LogP contribution in [0.25, 0.3) is 0 Å². The van der Waals surface area contributed by atoms with E-state index in [9.17, 15) is 14.7 Å². The number of β-amino-alcohol motifs (C(OH)–C–C–N with tert-alkyl or cyclic N) is 1. The first-order valence-corrected chi connectivity index (χ1v) is 9.03. The number of likely N-dealkylation sites (tertiary alicyclic amines) is 1. The van der Waals surface area contributed by atoms with E-state index in [4.69, 9.17) is 0 Å². The largest absolute Gasteiger partial charge is 0.391 e. The molecule has 2 aromatic rings. The Hall–Kier alpha value is -3.06. The number of urea groups is 2. The summed E-state index contributed by atoms with van der Waals surface area (Å²) in [5.74, 6) is 0. The minimum absolute atomic E-state index is 0.186. The minimum Gasteiger partial charge on any atom is -0.391 e. The molecule has 0 aliphatic carbocycles. The van der Waals surface area contributed by atoms with E-state index < -0.39 is 6.10 Å². The van der Waals surface area contributed by atoms with E-state index in [0.717, 1.165) is 18.4 Å². The van der Waals surface area contributed by atoms with Crippen molar-refractivity contribution in [1.82, 2.24) is 10.2 Å². The SMILES string of the molecule is O=C(Nc1ccccc1)Nc1cccc(CNC(=O)N2CCC[C@H](O)C2)c1. The zero-order chi connectivity index (χ0) is 19.1. The van der Waals surface area contributed by atoms with E-state index in [-0.39, 0.29) is 12.1 Å². The molecule has 0 aromatic heterocycles. The first-order chi connectivity index (χ1) is 13.1. The van der Waals surface area contributed by atoms with Crippen molar-refractivity contribution in [3.05, 3.63) is 60.2 Å². The highest BCUT2D eigenvalue weighted by Gasteiger charge is 2.21. The second-order valence-electron chi connectivity index (χ2n) is 6.55. The molecule has 1 fully saturated rings. The van der Waals surface area contributed by atoms with Gasteiger partial charge in [-0.25, -0.2) is 9.59 Å². The Labute approximate surface area is 158 Å². The summed E-state index contributed by atoms with van der Waals surface area (Å²) >= 11 is 0. The molecule has 1 atom stereocenters. The molecule has 3 rings (SSSR count). The maximum absolute atomic E-state index is 12.2. The van der Waals surface area contributed by atoms with E-state index in [1.165, 1.54) is 0 Å². The van der Waals surface area contributed by atoms with Crippen LogP contribution in [0.15, 0.2) is 54.6 Å². The van der Waals surface area contributed by atoms with Gasteiger partial charge in [-0.3, -0.25) is 0 Å². The van der Waals surface area contributed by atoms with Gasteiger partial charge in [0.1, 0.15) is 0 Å². The average molecular weight is 368 g/mol. The van der Waals surface area contributed by atoms with Crippen LogP contribution >= 0.6 is 0 Å². The fourth-order valence-corrected chi connectivity index (χ4v) is 3.00. The van der Waals surface area contributed by atoms with Crippen LogP contribution in [0, 0.1) is 0 Å². The number of para-hydroxylation sites is 1. The van der Waals surface area contributed by atoms with Gasteiger partial charge in [-0.1, -0.05) is 30.3 Å². The fraction of sp³-hybridized carbons (Fsp3) is 0.300. The van der Waals surface area contributed by atoms with Crippen LogP contribution < -0.4 is 16.0 Å². The number of benzene rings is 2. The number of aliphatic hydroxyl groups is 1. The number of aliphatic hydroxyl groups excluding tert-OH is 1. The number of nitrogens with one attached hydrogen (secondary N) is 3. The Bertz CT molecular complexity index is 782. The zero-order valence-corrected chi connectivity index (χ0v) is 15.0. The topological polar surface area (TPSA) is 93.7 Å². The van der Waals surface area contributed by atoms with E-state index in [2.05, 4.69) is 16.0 Å². The van der Waals surface area contributed by atoms with Gasteiger partial charge < -0.3 is 26.0 Å². The molecule has 0 spiro atoms. The summed E-state index contributed by atoms with van der Waals surface area (Å²) in [6.45, 7) is 1.37. The molecular weight excluding hydrogens is 344 g/mol. The lowest BCUT2D eigenvalue weighted by atomic mass is 10.1. The molecule has 1 saturated heterocycles. The van der Waals surface area contributed by atoms with Gasteiger partial charge in [0.25, 0.3) is 0 Å². The highest BCUT2D eigenvalue weighted by molar-refractivity contribution is 5.99. The molecule has 1 aliphatic heterocycles. The highest BCUT2D eigenvalue weighted by Crippen LogP contribution is 2.13. The maximum atomic E-state index is 12.2. The lowest BCUT2D eigenvalue weighted by Gasteiger charge is -2.30. The Kier molecular flexibility index (Phi) is 6.27. The predicted octanol–water partition coefficient (Wildman–Crippen LogP) is 3.00. The number of hydrogen-bond acceptors (Lipinski definition) is 3. The standard InChI is InChI=1S/C20H24N4O3/c25-18-10-5-11-24(14-18)20(27)21-13-15-6-4-9-17(12-15)23-19(26)22-16-7-2-1-3-8-16/h1-4,6-9,12,18,25H,5,10-11,13-14H2,(H,21,27)(H2,22,23,26)/t18-/m0/s1. The molecule has 1 heterocycles. The Morgan fingerprint density at radius 2 is 1.78 bits per heavy atom. The number of rotatable bonds is 4. The lowest BCUT2D eigenvalue weighted by molar-refractivity contribution is 0.0842. The molecular formula is C20H24N4O3. The normalized spacial score (nSPS) is 16.5. The molecule has 7 nitrogen and oxygen atoms in total. The Morgan fingerprint density at radius 3 is 2.56 bits per heavy atom. The fourth-order valence-electron chi connectivity index (χ4n) is 3.00. The summed E-state index contributed by atoms with van der Waals surface area (Å²) in [7, 11) is 0. The van der Waals surface area contributed by atoms with Crippen molar-refractivity contribution >= 4 is 23.4 Å². The van der Waals surface area contributed by atoms with Gasteiger partial charge in [0.15, 0.2) is 0 Å². The van der Waals surface area contributed by atoms with Crippen LogP contribution in [-0.4, -0.2) is 41.3 Å². The van der Waals surface area contributed by atoms with E-state index in [1.807, 2.05) is 48.5 Å². The first kappa shape index (κ1) is 18.7. The van der Waals surface area contributed by atoms with Crippen molar-refractivity contribution in [1.29, 1.82) is 0 Å². The number of anilines is 2. The third kappa shape index (κ3) is 5.72. The number of amides is 4. The maximum Gasteiger partial charge on any atom is 0.323 e. The summed E-state index contributed by atoms with van der Waals surface area (Å²) in [6.07, 6.45) is 1.10. The third-order valence-corrected chi connectivity index (χ3v) is 4.34. The number of hydrogen-bond donors (Lipinski definition) is 4. The van der Waals surface area contributed by atoms with Crippen LogP contribution in [0.1, 0.15) is 18.4 Å². The molecule has 0 saturated carbocycles. The monoisotopic (exact) mass is 368 g/mol.